The Labute approximate surface area is 215 Å². The fourth-order valence-corrected chi connectivity index (χ4v) is 5.03. The number of esters is 3. The SMILES string of the molecule is Cc1ccc(C(=O)OC[C@H]2SC[C@@H](OC(=O)c3ccc(C)cc3)[C@H]2OC(=O)c2ccc(C)cc2)cc1. The van der Waals surface area contributed by atoms with Gasteiger partial charge in [-0.15, -0.1) is 11.8 Å². The van der Waals surface area contributed by atoms with Crippen molar-refractivity contribution in [3.05, 3.63) is 106 Å². The first kappa shape index (κ1) is 25.5. The molecule has 3 atom stereocenters. The lowest BCUT2D eigenvalue weighted by molar-refractivity contribution is -0.0295. The topological polar surface area (TPSA) is 78.9 Å². The Morgan fingerprint density at radius 3 is 1.56 bits per heavy atom. The second-order valence-corrected chi connectivity index (χ2v) is 10.2. The molecular formula is C29H28O6S. The van der Waals surface area contributed by atoms with Crippen LogP contribution in [-0.2, 0) is 14.2 Å². The first-order chi connectivity index (χ1) is 17.3. The summed E-state index contributed by atoms with van der Waals surface area (Å²) in [5.74, 6) is -1.06. The van der Waals surface area contributed by atoms with Crippen LogP contribution in [-0.4, -0.2) is 47.7 Å². The zero-order valence-corrected chi connectivity index (χ0v) is 21.2. The zero-order valence-electron chi connectivity index (χ0n) is 20.4. The molecule has 0 saturated carbocycles. The summed E-state index contributed by atoms with van der Waals surface area (Å²) in [4.78, 5) is 38.2. The molecule has 3 aromatic carbocycles. The monoisotopic (exact) mass is 504 g/mol. The van der Waals surface area contributed by atoms with Gasteiger partial charge in [0.05, 0.1) is 21.9 Å². The van der Waals surface area contributed by atoms with Gasteiger partial charge in [-0.2, -0.15) is 0 Å². The van der Waals surface area contributed by atoms with Crippen LogP contribution < -0.4 is 0 Å². The molecule has 0 spiro atoms. The molecule has 7 heteroatoms. The second kappa shape index (κ2) is 11.4. The van der Waals surface area contributed by atoms with E-state index in [1.165, 1.54) is 11.8 Å². The van der Waals surface area contributed by atoms with E-state index in [0.29, 0.717) is 22.4 Å². The van der Waals surface area contributed by atoms with Crippen molar-refractivity contribution in [1.82, 2.24) is 0 Å². The smallest absolute Gasteiger partial charge is 0.338 e. The molecule has 0 aromatic heterocycles. The molecule has 0 N–H and O–H groups in total. The van der Waals surface area contributed by atoms with Gasteiger partial charge in [-0.25, -0.2) is 14.4 Å². The molecule has 1 saturated heterocycles. The van der Waals surface area contributed by atoms with E-state index < -0.39 is 30.1 Å². The fourth-order valence-electron chi connectivity index (χ4n) is 3.75. The van der Waals surface area contributed by atoms with Gasteiger partial charge in [-0.1, -0.05) is 53.1 Å². The van der Waals surface area contributed by atoms with Crippen molar-refractivity contribution < 1.29 is 28.6 Å². The van der Waals surface area contributed by atoms with Gasteiger partial charge in [0.1, 0.15) is 12.7 Å². The van der Waals surface area contributed by atoms with Crippen molar-refractivity contribution in [3.63, 3.8) is 0 Å². The maximum atomic E-state index is 12.9. The summed E-state index contributed by atoms with van der Waals surface area (Å²) in [6.45, 7) is 5.82. The largest absolute Gasteiger partial charge is 0.461 e. The molecule has 0 aliphatic carbocycles. The van der Waals surface area contributed by atoms with Crippen LogP contribution in [0, 0.1) is 20.8 Å². The standard InChI is InChI=1S/C29H28O6S/c1-18-4-10-21(11-5-18)27(30)33-16-25-26(35-29(32)23-14-8-20(3)9-15-23)24(17-36-25)34-28(31)22-12-6-19(2)7-13-22/h4-15,24-26H,16-17H2,1-3H3/t24-,25-,26-/m1/s1. The van der Waals surface area contributed by atoms with Gasteiger partial charge in [0.2, 0.25) is 0 Å². The maximum Gasteiger partial charge on any atom is 0.338 e. The molecule has 186 valence electrons. The minimum atomic E-state index is -0.774. The Hall–Kier alpha value is -3.58. The minimum Gasteiger partial charge on any atom is -0.461 e. The van der Waals surface area contributed by atoms with Crippen LogP contribution in [0.5, 0.6) is 0 Å². The van der Waals surface area contributed by atoms with E-state index in [0.717, 1.165) is 16.7 Å². The van der Waals surface area contributed by atoms with Crippen molar-refractivity contribution >= 4 is 29.7 Å². The van der Waals surface area contributed by atoms with Crippen LogP contribution in [0.4, 0.5) is 0 Å². The summed E-state index contributed by atoms with van der Waals surface area (Å²) in [6, 6.07) is 21.2. The van der Waals surface area contributed by atoms with Crippen LogP contribution in [0.25, 0.3) is 0 Å². The van der Waals surface area contributed by atoms with E-state index in [2.05, 4.69) is 0 Å². The molecule has 6 nitrogen and oxygen atoms in total. The molecule has 0 radical (unpaired) electrons. The van der Waals surface area contributed by atoms with Crippen molar-refractivity contribution in [3.8, 4) is 0 Å². The van der Waals surface area contributed by atoms with Gasteiger partial charge in [0.15, 0.2) is 6.10 Å². The molecule has 0 bridgehead atoms. The Morgan fingerprint density at radius 2 is 1.08 bits per heavy atom. The maximum absolute atomic E-state index is 12.9. The quantitative estimate of drug-likeness (QED) is 0.318. The first-order valence-electron chi connectivity index (χ1n) is 11.7. The lowest BCUT2D eigenvalue weighted by atomic mass is 10.1. The summed E-state index contributed by atoms with van der Waals surface area (Å²) >= 11 is 1.45. The van der Waals surface area contributed by atoms with Crippen LogP contribution in [0.1, 0.15) is 47.8 Å². The van der Waals surface area contributed by atoms with Crippen LogP contribution in [0.2, 0.25) is 0 Å². The van der Waals surface area contributed by atoms with E-state index in [9.17, 15) is 14.4 Å². The first-order valence-corrected chi connectivity index (χ1v) is 12.8. The molecule has 1 heterocycles. The highest BCUT2D eigenvalue weighted by atomic mass is 32.2. The highest BCUT2D eigenvalue weighted by molar-refractivity contribution is 8.00. The Kier molecular flexibility index (Phi) is 8.10. The Morgan fingerprint density at radius 1 is 0.667 bits per heavy atom. The molecule has 1 aliphatic rings. The van der Waals surface area contributed by atoms with Crippen LogP contribution in [0.3, 0.4) is 0 Å². The molecule has 0 unspecified atom stereocenters. The van der Waals surface area contributed by atoms with Gasteiger partial charge >= 0.3 is 17.9 Å². The zero-order chi connectivity index (χ0) is 25.7. The minimum absolute atomic E-state index is 0.0157. The van der Waals surface area contributed by atoms with Gasteiger partial charge in [0.25, 0.3) is 0 Å². The number of hydrogen-bond acceptors (Lipinski definition) is 7. The second-order valence-electron chi connectivity index (χ2n) is 8.88. The number of rotatable bonds is 7. The molecule has 3 aromatic rings. The number of thioether (sulfide) groups is 1. The van der Waals surface area contributed by atoms with E-state index >= 15 is 0 Å². The Balaban J connectivity index is 1.47. The number of aryl methyl sites for hydroxylation is 3. The van der Waals surface area contributed by atoms with Gasteiger partial charge < -0.3 is 14.2 Å². The summed E-state index contributed by atoms with van der Waals surface area (Å²) in [7, 11) is 0. The lowest BCUT2D eigenvalue weighted by Gasteiger charge is -2.24. The normalized spacial score (nSPS) is 18.9. The third-order valence-electron chi connectivity index (χ3n) is 5.95. The van der Waals surface area contributed by atoms with Crippen LogP contribution in [0.15, 0.2) is 72.8 Å². The summed E-state index contributed by atoms with van der Waals surface area (Å²) in [6.07, 6.45) is -1.45. The van der Waals surface area contributed by atoms with E-state index in [-0.39, 0.29) is 11.9 Å². The molecule has 36 heavy (non-hydrogen) atoms. The fraction of sp³-hybridized carbons (Fsp3) is 0.276. The van der Waals surface area contributed by atoms with Crippen molar-refractivity contribution in [2.45, 2.75) is 38.2 Å². The van der Waals surface area contributed by atoms with Crippen molar-refractivity contribution in [1.29, 1.82) is 0 Å². The van der Waals surface area contributed by atoms with Crippen molar-refractivity contribution in [2.24, 2.45) is 0 Å². The molecule has 1 aliphatic heterocycles. The predicted molar refractivity (Wildman–Crippen MR) is 138 cm³/mol. The average Bonchev–Trinajstić information content (AvgIpc) is 3.24. The molecule has 1 fully saturated rings. The number of ether oxygens (including phenoxy) is 3. The van der Waals surface area contributed by atoms with E-state index in [4.69, 9.17) is 14.2 Å². The van der Waals surface area contributed by atoms with E-state index in [1.807, 2.05) is 57.2 Å². The van der Waals surface area contributed by atoms with Gasteiger partial charge in [-0.3, -0.25) is 0 Å². The van der Waals surface area contributed by atoms with Crippen LogP contribution >= 0.6 is 11.8 Å². The summed E-state index contributed by atoms with van der Waals surface area (Å²) < 4.78 is 17.2. The average molecular weight is 505 g/mol. The molecule has 0 amide bonds. The highest BCUT2D eigenvalue weighted by Gasteiger charge is 2.43. The Bertz CT molecular complexity index is 1220. The number of carbonyl (C=O) groups excluding carboxylic acids is 3. The highest BCUT2D eigenvalue weighted by Crippen LogP contribution is 2.33. The molecule has 4 rings (SSSR count). The predicted octanol–water partition coefficient (Wildman–Crippen LogP) is 5.34. The van der Waals surface area contributed by atoms with Gasteiger partial charge in [0, 0.05) is 5.75 Å². The third-order valence-corrected chi connectivity index (χ3v) is 7.30. The van der Waals surface area contributed by atoms with Crippen molar-refractivity contribution in [2.75, 3.05) is 12.4 Å². The number of hydrogen-bond donors (Lipinski definition) is 0. The molecular weight excluding hydrogens is 476 g/mol. The number of benzene rings is 3. The third kappa shape index (κ3) is 6.34. The van der Waals surface area contributed by atoms with E-state index in [1.54, 1.807) is 36.4 Å². The summed E-state index contributed by atoms with van der Waals surface area (Å²) in [5, 5.41) is -0.385. The number of carbonyl (C=O) groups is 3. The summed E-state index contributed by atoms with van der Waals surface area (Å²) in [5.41, 5.74) is 4.36. The van der Waals surface area contributed by atoms with Gasteiger partial charge in [-0.05, 0) is 57.2 Å². The lowest BCUT2D eigenvalue weighted by Crippen LogP contribution is -2.39.